The lowest BCUT2D eigenvalue weighted by Gasteiger charge is -2.40. The van der Waals surface area contributed by atoms with Gasteiger partial charge in [-0.2, -0.15) is 0 Å². The Labute approximate surface area is 135 Å². The largest absolute Gasteiger partial charge is 0.380 e. The Kier molecular flexibility index (Phi) is 5.17. The fourth-order valence-electron chi connectivity index (χ4n) is 3.87. The zero-order valence-electron chi connectivity index (χ0n) is 12.4. The van der Waals surface area contributed by atoms with Gasteiger partial charge in [0.2, 0.25) is 0 Å². The first-order chi connectivity index (χ1) is 10.2. The first kappa shape index (κ1) is 15.3. The highest BCUT2D eigenvalue weighted by molar-refractivity contribution is 9.10. The maximum absolute atomic E-state index is 14.0. The van der Waals surface area contributed by atoms with Crippen molar-refractivity contribution in [2.75, 3.05) is 11.9 Å². The van der Waals surface area contributed by atoms with Crippen LogP contribution in [0.2, 0.25) is 0 Å². The lowest BCUT2D eigenvalue weighted by molar-refractivity contribution is 0.217. The van der Waals surface area contributed by atoms with Gasteiger partial charge in [0, 0.05) is 16.6 Å². The molecule has 1 aliphatic heterocycles. The molecule has 116 valence electrons. The molecule has 21 heavy (non-hydrogen) atoms. The van der Waals surface area contributed by atoms with Gasteiger partial charge in [-0.3, -0.25) is 0 Å². The molecule has 3 atom stereocenters. The highest BCUT2D eigenvalue weighted by Gasteiger charge is 2.32. The molecule has 0 bridgehead atoms. The van der Waals surface area contributed by atoms with E-state index in [2.05, 4.69) is 26.6 Å². The molecule has 1 aliphatic carbocycles. The smallest absolute Gasteiger partial charge is 0.146 e. The van der Waals surface area contributed by atoms with E-state index in [1.807, 2.05) is 6.07 Å². The molecule has 2 aliphatic rings. The molecule has 0 spiro atoms. The molecular formula is C17H24BrFN2. The van der Waals surface area contributed by atoms with Crippen LogP contribution in [0.4, 0.5) is 10.1 Å². The predicted molar refractivity (Wildman–Crippen MR) is 89.1 cm³/mol. The average molecular weight is 355 g/mol. The van der Waals surface area contributed by atoms with Crippen molar-refractivity contribution >= 4 is 21.6 Å². The van der Waals surface area contributed by atoms with E-state index in [1.165, 1.54) is 44.6 Å². The van der Waals surface area contributed by atoms with Gasteiger partial charge in [0.05, 0.1) is 5.69 Å². The summed E-state index contributed by atoms with van der Waals surface area (Å²) in [5, 5.41) is 7.18. The fourth-order valence-corrected chi connectivity index (χ4v) is 4.23. The van der Waals surface area contributed by atoms with E-state index in [9.17, 15) is 4.39 Å². The molecule has 1 heterocycles. The third-order valence-electron chi connectivity index (χ3n) is 4.95. The Morgan fingerprint density at radius 3 is 2.71 bits per heavy atom. The predicted octanol–water partition coefficient (Wildman–Crippen LogP) is 4.70. The van der Waals surface area contributed by atoms with Crippen LogP contribution in [0.5, 0.6) is 0 Å². The normalized spacial score (nSPS) is 30.1. The van der Waals surface area contributed by atoms with Crippen LogP contribution in [0.25, 0.3) is 0 Å². The minimum atomic E-state index is -0.154. The first-order valence-electron chi connectivity index (χ1n) is 8.19. The zero-order valence-corrected chi connectivity index (χ0v) is 14.0. The highest BCUT2D eigenvalue weighted by atomic mass is 79.9. The van der Waals surface area contributed by atoms with Gasteiger partial charge in [-0.05, 0) is 56.3 Å². The Bertz CT molecular complexity index is 474. The van der Waals surface area contributed by atoms with E-state index in [-0.39, 0.29) is 5.82 Å². The van der Waals surface area contributed by atoms with Crippen LogP contribution < -0.4 is 10.6 Å². The molecule has 3 unspecified atom stereocenters. The Morgan fingerprint density at radius 2 is 1.90 bits per heavy atom. The van der Waals surface area contributed by atoms with E-state index < -0.39 is 0 Å². The second-order valence-corrected chi connectivity index (χ2v) is 7.30. The second kappa shape index (κ2) is 7.10. The molecule has 1 aromatic carbocycles. The van der Waals surface area contributed by atoms with Gasteiger partial charge in [0.25, 0.3) is 0 Å². The molecular weight excluding hydrogens is 331 g/mol. The van der Waals surface area contributed by atoms with Crippen molar-refractivity contribution in [3.8, 4) is 0 Å². The van der Waals surface area contributed by atoms with Crippen molar-refractivity contribution in [1.29, 1.82) is 0 Å². The molecule has 0 radical (unpaired) electrons. The van der Waals surface area contributed by atoms with Crippen LogP contribution in [0.15, 0.2) is 22.7 Å². The molecule has 2 nitrogen and oxygen atoms in total. The van der Waals surface area contributed by atoms with Crippen molar-refractivity contribution in [2.24, 2.45) is 5.92 Å². The number of hydrogen-bond donors (Lipinski definition) is 2. The standard InChI is InChI=1S/C17H24BrFN2/c18-12-8-9-14(19)17(11-12)21-16-7-2-1-5-13(16)15-6-3-4-10-20-15/h8-9,11,13,15-16,20-21H,1-7,10H2. The maximum atomic E-state index is 14.0. The number of hydrogen-bond acceptors (Lipinski definition) is 2. The van der Waals surface area contributed by atoms with Crippen LogP contribution in [-0.2, 0) is 0 Å². The summed E-state index contributed by atoms with van der Waals surface area (Å²) in [5.41, 5.74) is 0.636. The minimum Gasteiger partial charge on any atom is -0.380 e. The molecule has 4 heteroatoms. The fraction of sp³-hybridized carbons (Fsp3) is 0.647. The summed E-state index contributed by atoms with van der Waals surface area (Å²) in [6.07, 6.45) is 8.84. The Hall–Kier alpha value is -0.610. The second-order valence-electron chi connectivity index (χ2n) is 6.38. The van der Waals surface area contributed by atoms with E-state index in [0.717, 1.165) is 17.4 Å². The van der Waals surface area contributed by atoms with E-state index in [1.54, 1.807) is 6.07 Å². The zero-order chi connectivity index (χ0) is 14.7. The maximum Gasteiger partial charge on any atom is 0.146 e. The summed E-state index contributed by atoms with van der Waals surface area (Å²) >= 11 is 3.43. The van der Waals surface area contributed by atoms with Crippen molar-refractivity contribution < 1.29 is 4.39 Å². The van der Waals surface area contributed by atoms with Crippen LogP contribution in [0.3, 0.4) is 0 Å². The van der Waals surface area contributed by atoms with Gasteiger partial charge in [0.1, 0.15) is 5.82 Å². The van der Waals surface area contributed by atoms with Gasteiger partial charge in [0.15, 0.2) is 0 Å². The van der Waals surface area contributed by atoms with E-state index in [0.29, 0.717) is 23.7 Å². The molecule has 3 rings (SSSR count). The number of nitrogens with one attached hydrogen (secondary N) is 2. The average Bonchev–Trinajstić information content (AvgIpc) is 2.52. The Balaban J connectivity index is 1.73. The molecule has 1 saturated heterocycles. The molecule has 1 aromatic rings. The van der Waals surface area contributed by atoms with Crippen molar-refractivity contribution in [3.05, 3.63) is 28.5 Å². The van der Waals surface area contributed by atoms with Crippen LogP contribution >= 0.6 is 15.9 Å². The summed E-state index contributed by atoms with van der Waals surface area (Å²) < 4.78 is 14.9. The number of halogens is 2. The summed E-state index contributed by atoms with van der Waals surface area (Å²) in [6, 6.07) is 6.13. The summed E-state index contributed by atoms with van der Waals surface area (Å²) in [6.45, 7) is 1.14. The van der Waals surface area contributed by atoms with Gasteiger partial charge in [-0.15, -0.1) is 0 Å². The first-order valence-corrected chi connectivity index (χ1v) is 8.98. The number of benzene rings is 1. The number of piperidine rings is 1. The van der Waals surface area contributed by atoms with E-state index >= 15 is 0 Å². The van der Waals surface area contributed by atoms with Crippen molar-refractivity contribution in [3.63, 3.8) is 0 Å². The summed E-state index contributed by atoms with van der Waals surface area (Å²) in [5.74, 6) is 0.469. The topological polar surface area (TPSA) is 24.1 Å². The number of rotatable bonds is 3. The van der Waals surface area contributed by atoms with Gasteiger partial charge in [-0.25, -0.2) is 4.39 Å². The van der Waals surface area contributed by atoms with Gasteiger partial charge >= 0.3 is 0 Å². The third-order valence-corrected chi connectivity index (χ3v) is 5.45. The Morgan fingerprint density at radius 1 is 1.10 bits per heavy atom. The highest BCUT2D eigenvalue weighted by Crippen LogP contribution is 2.33. The minimum absolute atomic E-state index is 0.154. The van der Waals surface area contributed by atoms with E-state index in [4.69, 9.17) is 0 Å². The molecule has 2 N–H and O–H groups in total. The lowest BCUT2D eigenvalue weighted by atomic mass is 9.77. The molecule has 1 saturated carbocycles. The summed E-state index contributed by atoms with van der Waals surface area (Å²) in [4.78, 5) is 0. The number of anilines is 1. The van der Waals surface area contributed by atoms with Crippen LogP contribution in [-0.4, -0.2) is 18.6 Å². The summed E-state index contributed by atoms with van der Waals surface area (Å²) in [7, 11) is 0. The van der Waals surface area contributed by atoms with Crippen LogP contribution in [0, 0.1) is 11.7 Å². The molecule has 0 aromatic heterocycles. The van der Waals surface area contributed by atoms with Crippen molar-refractivity contribution in [2.45, 2.75) is 57.0 Å². The van der Waals surface area contributed by atoms with Gasteiger partial charge in [-0.1, -0.05) is 35.2 Å². The monoisotopic (exact) mass is 354 g/mol. The molecule has 0 amide bonds. The third kappa shape index (κ3) is 3.78. The van der Waals surface area contributed by atoms with Gasteiger partial charge < -0.3 is 10.6 Å². The molecule has 2 fully saturated rings. The van der Waals surface area contributed by atoms with Crippen LogP contribution in [0.1, 0.15) is 44.9 Å². The quantitative estimate of drug-likeness (QED) is 0.821. The van der Waals surface area contributed by atoms with Crippen molar-refractivity contribution in [1.82, 2.24) is 5.32 Å². The lowest BCUT2D eigenvalue weighted by Crippen LogP contribution is -2.48. The SMILES string of the molecule is Fc1ccc(Br)cc1NC1CCCCC1C1CCCCN1.